The van der Waals surface area contributed by atoms with Gasteiger partial charge in [-0.25, -0.2) is 8.78 Å². The minimum Gasteiger partial charge on any atom is -0.263 e. The summed E-state index contributed by atoms with van der Waals surface area (Å²) in [5, 5.41) is 0.676. The van der Waals surface area contributed by atoms with Gasteiger partial charge in [0.15, 0.2) is 0 Å². The summed E-state index contributed by atoms with van der Waals surface area (Å²) >= 11 is 6.31. The molecule has 0 atom stereocenters. The zero-order valence-corrected chi connectivity index (χ0v) is 15.5. The molecule has 5 heteroatoms. The van der Waals surface area contributed by atoms with Gasteiger partial charge in [0.1, 0.15) is 0 Å². The Morgan fingerprint density at radius 1 is 0.926 bits per heavy atom. The molecule has 1 aromatic carbocycles. The summed E-state index contributed by atoms with van der Waals surface area (Å²) in [6.07, 6.45) is 6.16. The lowest BCUT2D eigenvalue weighted by molar-refractivity contribution is -0.0384. The van der Waals surface area contributed by atoms with E-state index in [4.69, 9.17) is 11.6 Å². The number of hydrogen-bond acceptors (Lipinski definition) is 2. The van der Waals surface area contributed by atoms with Crippen molar-refractivity contribution < 1.29 is 8.78 Å². The molecule has 27 heavy (non-hydrogen) atoms. The monoisotopic (exact) mass is 384 g/mol. The van der Waals surface area contributed by atoms with Crippen molar-refractivity contribution in [1.82, 2.24) is 9.97 Å². The van der Waals surface area contributed by atoms with E-state index < -0.39 is 5.92 Å². The third kappa shape index (κ3) is 4.01. The molecule has 3 aromatic rings. The molecule has 2 heterocycles. The standard InChI is InChI=1S/C22H19ClF2N2/c23-20-4-2-1-3-19(20)18-11-17(13-26-14-18)16-7-10-27-21(12-16)15-5-8-22(24,25)9-6-15/h1-4,7,10-15H,5-6,8-9H2. The predicted octanol–water partition coefficient (Wildman–Crippen LogP) is 6.76. The van der Waals surface area contributed by atoms with Crippen LogP contribution in [0.15, 0.2) is 61.1 Å². The van der Waals surface area contributed by atoms with Crippen molar-refractivity contribution in [2.24, 2.45) is 0 Å². The van der Waals surface area contributed by atoms with Crippen molar-refractivity contribution in [1.29, 1.82) is 0 Å². The molecule has 0 aliphatic heterocycles. The SMILES string of the molecule is FC1(F)CCC(c2cc(-c3cncc(-c4ccccc4Cl)c3)ccn2)CC1. The van der Waals surface area contributed by atoms with Crippen LogP contribution in [-0.4, -0.2) is 15.9 Å². The number of alkyl halides is 2. The maximum Gasteiger partial charge on any atom is 0.248 e. The number of rotatable bonds is 3. The van der Waals surface area contributed by atoms with Crippen molar-refractivity contribution in [2.75, 3.05) is 0 Å². The lowest BCUT2D eigenvalue weighted by atomic mass is 9.84. The Hall–Kier alpha value is -2.33. The molecule has 138 valence electrons. The largest absolute Gasteiger partial charge is 0.263 e. The number of hydrogen-bond donors (Lipinski definition) is 0. The minimum absolute atomic E-state index is 0.0624. The number of pyridine rings is 2. The van der Waals surface area contributed by atoms with Gasteiger partial charge in [0.2, 0.25) is 5.92 Å². The fourth-order valence-electron chi connectivity index (χ4n) is 3.63. The van der Waals surface area contributed by atoms with E-state index in [9.17, 15) is 8.78 Å². The summed E-state index contributed by atoms with van der Waals surface area (Å²) < 4.78 is 26.9. The molecule has 1 fully saturated rings. The first-order valence-corrected chi connectivity index (χ1v) is 9.44. The minimum atomic E-state index is -2.53. The quantitative estimate of drug-likeness (QED) is 0.498. The number of nitrogens with zero attached hydrogens (tertiary/aromatic N) is 2. The Morgan fingerprint density at radius 3 is 2.44 bits per heavy atom. The zero-order chi connectivity index (χ0) is 18.9. The Labute approximate surface area is 162 Å². The first-order valence-electron chi connectivity index (χ1n) is 9.06. The summed E-state index contributed by atoms with van der Waals surface area (Å²) in [7, 11) is 0. The lowest BCUT2D eigenvalue weighted by Crippen LogP contribution is -2.24. The van der Waals surface area contributed by atoms with Gasteiger partial charge in [-0.3, -0.25) is 9.97 Å². The molecule has 1 saturated carbocycles. The molecule has 4 rings (SSSR count). The van der Waals surface area contributed by atoms with Gasteiger partial charge in [0, 0.05) is 64.8 Å². The van der Waals surface area contributed by atoms with E-state index in [1.165, 1.54) is 0 Å². The molecular formula is C22H19ClF2N2. The Bertz CT molecular complexity index is 948. The van der Waals surface area contributed by atoms with Crippen molar-refractivity contribution in [3.8, 4) is 22.3 Å². The third-order valence-electron chi connectivity index (χ3n) is 5.17. The van der Waals surface area contributed by atoms with Gasteiger partial charge in [-0.15, -0.1) is 0 Å². The van der Waals surface area contributed by atoms with Gasteiger partial charge >= 0.3 is 0 Å². The molecular weight excluding hydrogens is 366 g/mol. The molecule has 0 amide bonds. The molecule has 0 radical (unpaired) electrons. The van der Waals surface area contributed by atoms with E-state index in [0.717, 1.165) is 27.9 Å². The molecule has 2 nitrogen and oxygen atoms in total. The van der Waals surface area contributed by atoms with Gasteiger partial charge in [-0.05, 0) is 42.7 Å². The molecule has 0 N–H and O–H groups in total. The molecule has 0 unspecified atom stereocenters. The molecule has 0 saturated heterocycles. The Kier molecular flexibility index (Phi) is 4.92. The Balaban J connectivity index is 1.63. The maximum atomic E-state index is 13.4. The van der Waals surface area contributed by atoms with Gasteiger partial charge in [-0.2, -0.15) is 0 Å². The average molecular weight is 385 g/mol. The first kappa shape index (κ1) is 18.1. The average Bonchev–Trinajstić information content (AvgIpc) is 2.68. The van der Waals surface area contributed by atoms with E-state index in [-0.39, 0.29) is 18.8 Å². The first-order chi connectivity index (χ1) is 13.0. The summed E-state index contributed by atoms with van der Waals surface area (Å²) in [6, 6.07) is 13.6. The van der Waals surface area contributed by atoms with E-state index >= 15 is 0 Å². The van der Waals surface area contributed by atoms with Gasteiger partial charge < -0.3 is 0 Å². The van der Waals surface area contributed by atoms with Gasteiger partial charge in [-0.1, -0.05) is 29.8 Å². The molecule has 2 aromatic heterocycles. The van der Waals surface area contributed by atoms with E-state index in [1.54, 1.807) is 18.6 Å². The predicted molar refractivity (Wildman–Crippen MR) is 104 cm³/mol. The third-order valence-corrected chi connectivity index (χ3v) is 5.50. The van der Waals surface area contributed by atoms with Crippen LogP contribution in [0.4, 0.5) is 8.78 Å². The number of aromatic nitrogens is 2. The van der Waals surface area contributed by atoms with Crippen molar-refractivity contribution in [3.63, 3.8) is 0 Å². The maximum absolute atomic E-state index is 13.4. The summed E-state index contributed by atoms with van der Waals surface area (Å²) in [4.78, 5) is 8.81. The second kappa shape index (κ2) is 7.35. The second-order valence-corrected chi connectivity index (χ2v) is 7.45. The van der Waals surface area contributed by atoms with E-state index in [2.05, 4.69) is 9.97 Å². The summed E-state index contributed by atoms with van der Waals surface area (Å²) in [5.41, 5.74) is 4.69. The highest BCUT2D eigenvalue weighted by atomic mass is 35.5. The normalized spacial score (nSPS) is 17.0. The van der Waals surface area contributed by atoms with Crippen LogP contribution in [0, 0.1) is 0 Å². The van der Waals surface area contributed by atoms with Crippen LogP contribution in [-0.2, 0) is 0 Å². The number of benzene rings is 1. The molecule has 1 aliphatic carbocycles. The Morgan fingerprint density at radius 2 is 1.67 bits per heavy atom. The van der Waals surface area contributed by atoms with Crippen LogP contribution < -0.4 is 0 Å². The number of halogens is 3. The molecule has 0 bridgehead atoms. The fourth-order valence-corrected chi connectivity index (χ4v) is 3.87. The summed E-state index contributed by atoms with van der Waals surface area (Å²) in [6.45, 7) is 0. The lowest BCUT2D eigenvalue weighted by Gasteiger charge is -2.28. The highest BCUT2D eigenvalue weighted by molar-refractivity contribution is 6.33. The zero-order valence-electron chi connectivity index (χ0n) is 14.7. The summed E-state index contributed by atoms with van der Waals surface area (Å²) in [5.74, 6) is -2.44. The van der Waals surface area contributed by atoms with Gasteiger partial charge in [0.25, 0.3) is 0 Å². The van der Waals surface area contributed by atoms with Crippen molar-refractivity contribution in [3.05, 3.63) is 71.8 Å². The van der Waals surface area contributed by atoms with Crippen molar-refractivity contribution >= 4 is 11.6 Å². The fraction of sp³-hybridized carbons (Fsp3) is 0.273. The highest BCUT2D eigenvalue weighted by Gasteiger charge is 2.35. The van der Waals surface area contributed by atoms with Crippen LogP contribution in [0.25, 0.3) is 22.3 Å². The highest BCUT2D eigenvalue weighted by Crippen LogP contribution is 2.41. The van der Waals surface area contributed by atoms with Crippen LogP contribution >= 0.6 is 11.6 Å². The molecule has 1 aliphatic rings. The smallest absolute Gasteiger partial charge is 0.248 e. The molecule has 0 spiro atoms. The van der Waals surface area contributed by atoms with E-state index in [1.807, 2.05) is 42.5 Å². The van der Waals surface area contributed by atoms with Gasteiger partial charge in [0.05, 0.1) is 0 Å². The van der Waals surface area contributed by atoms with Crippen LogP contribution in [0.1, 0.15) is 37.3 Å². The van der Waals surface area contributed by atoms with Crippen LogP contribution in [0.2, 0.25) is 5.02 Å². The van der Waals surface area contributed by atoms with Crippen molar-refractivity contribution in [2.45, 2.75) is 37.5 Å². The van der Waals surface area contributed by atoms with Crippen LogP contribution in [0.3, 0.4) is 0 Å². The second-order valence-electron chi connectivity index (χ2n) is 7.04. The van der Waals surface area contributed by atoms with Crippen LogP contribution in [0.5, 0.6) is 0 Å². The van der Waals surface area contributed by atoms with E-state index in [0.29, 0.717) is 17.9 Å². The topological polar surface area (TPSA) is 25.8 Å².